The first kappa shape index (κ1) is 8.96. The summed E-state index contributed by atoms with van der Waals surface area (Å²) in [6.07, 6.45) is 1.26. The zero-order valence-corrected chi connectivity index (χ0v) is 6.78. The normalized spacial score (nSPS) is 10.2. The molecule has 3 N–H and O–H groups in total. The quantitative estimate of drug-likeness (QED) is 0.586. The van der Waals surface area contributed by atoms with E-state index in [1.54, 1.807) is 6.92 Å². The Morgan fingerprint density at radius 3 is 2.25 bits per heavy atom. The molecule has 0 aliphatic carbocycles. The SMILES string of the molecule is Cc1ncc(O)c(CO)c1CO. The van der Waals surface area contributed by atoms with E-state index in [-0.39, 0.29) is 19.0 Å². The summed E-state index contributed by atoms with van der Waals surface area (Å²) in [6.45, 7) is 1.21. The van der Waals surface area contributed by atoms with Crippen LogP contribution in [0.5, 0.6) is 5.75 Å². The molecular formula is C8H11NO3. The second kappa shape index (κ2) is 3.51. The highest BCUT2D eigenvalue weighted by Gasteiger charge is 2.09. The lowest BCUT2D eigenvalue weighted by molar-refractivity contribution is 0.253. The first-order chi connectivity index (χ1) is 5.70. The van der Waals surface area contributed by atoms with Crippen molar-refractivity contribution < 1.29 is 15.3 Å². The van der Waals surface area contributed by atoms with E-state index in [4.69, 9.17) is 10.2 Å². The van der Waals surface area contributed by atoms with Gasteiger partial charge in [-0.2, -0.15) is 0 Å². The van der Waals surface area contributed by atoms with E-state index < -0.39 is 0 Å². The molecule has 0 aliphatic heterocycles. The Labute approximate surface area is 70.1 Å². The molecule has 12 heavy (non-hydrogen) atoms. The molecule has 1 rings (SSSR count). The molecule has 1 heterocycles. The summed E-state index contributed by atoms with van der Waals surface area (Å²) >= 11 is 0. The third-order valence-electron chi connectivity index (χ3n) is 1.81. The van der Waals surface area contributed by atoms with Crippen molar-refractivity contribution in [3.05, 3.63) is 23.0 Å². The third-order valence-corrected chi connectivity index (χ3v) is 1.81. The maximum Gasteiger partial charge on any atom is 0.139 e. The molecular weight excluding hydrogens is 158 g/mol. The van der Waals surface area contributed by atoms with Crippen molar-refractivity contribution in [2.24, 2.45) is 0 Å². The number of pyridine rings is 1. The highest BCUT2D eigenvalue weighted by molar-refractivity contribution is 5.38. The van der Waals surface area contributed by atoms with Gasteiger partial charge in [-0.15, -0.1) is 0 Å². The van der Waals surface area contributed by atoms with Crippen LogP contribution in [0.1, 0.15) is 16.8 Å². The number of aliphatic hydroxyl groups is 2. The first-order valence-electron chi connectivity index (χ1n) is 3.58. The van der Waals surface area contributed by atoms with Gasteiger partial charge in [0.1, 0.15) is 5.75 Å². The van der Waals surface area contributed by atoms with Gasteiger partial charge in [0.2, 0.25) is 0 Å². The minimum absolute atomic E-state index is 0.0767. The number of aliphatic hydroxyl groups excluding tert-OH is 2. The Balaban J connectivity index is 3.28. The second-order valence-electron chi connectivity index (χ2n) is 2.50. The van der Waals surface area contributed by atoms with E-state index in [2.05, 4.69) is 4.98 Å². The predicted octanol–water partition coefficient (Wildman–Crippen LogP) is 0.0802. The van der Waals surface area contributed by atoms with Gasteiger partial charge >= 0.3 is 0 Å². The number of hydrogen-bond acceptors (Lipinski definition) is 4. The van der Waals surface area contributed by atoms with Crippen molar-refractivity contribution in [1.29, 1.82) is 0 Å². The monoisotopic (exact) mass is 169 g/mol. The lowest BCUT2D eigenvalue weighted by Gasteiger charge is -2.08. The van der Waals surface area contributed by atoms with Gasteiger partial charge in [0.05, 0.1) is 19.4 Å². The summed E-state index contributed by atoms with van der Waals surface area (Å²) in [5, 5.41) is 27.0. The van der Waals surface area contributed by atoms with Gasteiger partial charge in [-0.3, -0.25) is 4.98 Å². The van der Waals surface area contributed by atoms with E-state index in [0.717, 1.165) is 0 Å². The smallest absolute Gasteiger partial charge is 0.139 e. The lowest BCUT2D eigenvalue weighted by atomic mass is 10.1. The molecule has 0 aliphatic rings. The molecule has 4 heteroatoms. The fraction of sp³-hybridized carbons (Fsp3) is 0.375. The van der Waals surface area contributed by atoms with Crippen LogP contribution >= 0.6 is 0 Å². The van der Waals surface area contributed by atoms with Crippen molar-refractivity contribution in [3.8, 4) is 5.75 Å². The van der Waals surface area contributed by atoms with Gasteiger partial charge < -0.3 is 15.3 Å². The molecule has 0 saturated carbocycles. The third kappa shape index (κ3) is 1.39. The standard InChI is InChI=1S/C8H11NO3/c1-5-6(3-10)7(4-11)8(12)2-9-5/h2,10-12H,3-4H2,1H3. The molecule has 4 nitrogen and oxygen atoms in total. The van der Waals surface area contributed by atoms with Crippen LogP contribution in [-0.2, 0) is 13.2 Å². The molecule has 0 bridgehead atoms. The van der Waals surface area contributed by atoms with Crippen molar-refractivity contribution in [2.45, 2.75) is 20.1 Å². The topological polar surface area (TPSA) is 73.6 Å². The fourth-order valence-corrected chi connectivity index (χ4v) is 1.07. The van der Waals surface area contributed by atoms with Gasteiger partial charge in [0.25, 0.3) is 0 Å². The molecule has 0 unspecified atom stereocenters. The number of nitrogens with zero attached hydrogens (tertiary/aromatic N) is 1. The van der Waals surface area contributed by atoms with Crippen LogP contribution in [0.15, 0.2) is 6.20 Å². The summed E-state index contributed by atoms with van der Waals surface area (Å²) in [6, 6.07) is 0. The first-order valence-corrected chi connectivity index (χ1v) is 3.58. The second-order valence-corrected chi connectivity index (χ2v) is 2.50. The largest absolute Gasteiger partial charge is 0.506 e. The van der Waals surface area contributed by atoms with E-state index in [0.29, 0.717) is 16.8 Å². The number of hydrogen-bond donors (Lipinski definition) is 3. The lowest BCUT2D eigenvalue weighted by Crippen LogP contribution is -2.00. The van der Waals surface area contributed by atoms with E-state index in [1.807, 2.05) is 0 Å². The summed E-state index contributed by atoms with van der Waals surface area (Å²) < 4.78 is 0. The molecule has 0 saturated heterocycles. The van der Waals surface area contributed by atoms with Gasteiger partial charge in [0, 0.05) is 16.8 Å². The fourth-order valence-electron chi connectivity index (χ4n) is 1.07. The van der Waals surface area contributed by atoms with E-state index in [9.17, 15) is 5.11 Å². The molecule has 0 spiro atoms. The highest BCUT2D eigenvalue weighted by atomic mass is 16.3. The number of rotatable bonds is 2. The molecule has 1 aromatic heterocycles. The molecule has 1 aromatic rings. The highest BCUT2D eigenvalue weighted by Crippen LogP contribution is 2.21. The molecule has 66 valence electrons. The maximum absolute atomic E-state index is 9.21. The number of aryl methyl sites for hydroxylation is 1. The summed E-state index contributed by atoms with van der Waals surface area (Å²) in [7, 11) is 0. The number of aromatic nitrogens is 1. The Morgan fingerprint density at radius 1 is 1.25 bits per heavy atom. The van der Waals surface area contributed by atoms with Crippen molar-refractivity contribution in [3.63, 3.8) is 0 Å². The van der Waals surface area contributed by atoms with Gasteiger partial charge in [-0.05, 0) is 6.92 Å². The van der Waals surface area contributed by atoms with Crippen LogP contribution in [0, 0.1) is 6.92 Å². The van der Waals surface area contributed by atoms with Crippen LogP contribution < -0.4 is 0 Å². The maximum atomic E-state index is 9.21. The van der Waals surface area contributed by atoms with Gasteiger partial charge in [-0.1, -0.05) is 0 Å². The van der Waals surface area contributed by atoms with Crippen LogP contribution in [0.2, 0.25) is 0 Å². The Hall–Kier alpha value is -1.13. The predicted molar refractivity (Wildman–Crippen MR) is 42.5 cm³/mol. The van der Waals surface area contributed by atoms with Crippen LogP contribution in [0.4, 0.5) is 0 Å². The zero-order valence-electron chi connectivity index (χ0n) is 6.78. The molecule has 0 amide bonds. The minimum Gasteiger partial charge on any atom is -0.506 e. The summed E-state index contributed by atoms with van der Waals surface area (Å²) in [5.41, 5.74) is 1.47. The average molecular weight is 169 g/mol. The molecule has 0 atom stereocenters. The molecule has 0 radical (unpaired) electrons. The summed E-state index contributed by atoms with van der Waals surface area (Å²) in [4.78, 5) is 3.84. The van der Waals surface area contributed by atoms with E-state index >= 15 is 0 Å². The van der Waals surface area contributed by atoms with Gasteiger partial charge in [0.15, 0.2) is 0 Å². The van der Waals surface area contributed by atoms with Crippen LogP contribution in [0.25, 0.3) is 0 Å². The molecule has 0 fully saturated rings. The summed E-state index contributed by atoms with van der Waals surface area (Å²) in [5.74, 6) is -0.0767. The average Bonchev–Trinajstić information content (AvgIpc) is 2.08. The van der Waals surface area contributed by atoms with Crippen molar-refractivity contribution in [1.82, 2.24) is 4.98 Å². The molecule has 0 aromatic carbocycles. The van der Waals surface area contributed by atoms with Gasteiger partial charge in [-0.25, -0.2) is 0 Å². The van der Waals surface area contributed by atoms with E-state index in [1.165, 1.54) is 6.20 Å². The Kier molecular flexibility index (Phi) is 2.62. The minimum atomic E-state index is -0.287. The van der Waals surface area contributed by atoms with Crippen molar-refractivity contribution >= 4 is 0 Å². The number of aromatic hydroxyl groups is 1. The van der Waals surface area contributed by atoms with Crippen LogP contribution in [-0.4, -0.2) is 20.3 Å². The van der Waals surface area contributed by atoms with Crippen molar-refractivity contribution in [2.75, 3.05) is 0 Å². The Bertz CT molecular complexity index is 257. The van der Waals surface area contributed by atoms with Crippen LogP contribution in [0.3, 0.4) is 0 Å². The Morgan fingerprint density at radius 2 is 1.83 bits per heavy atom. The zero-order chi connectivity index (χ0) is 9.14.